The molecule has 0 aliphatic rings. The van der Waals surface area contributed by atoms with E-state index in [0.29, 0.717) is 24.4 Å². The highest BCUT2D eigenvalue weighted by Gasteiger charge is 2.15. The summed E-state index contributed by atoms with van der Waals surface area (Å²) in [4.78, 5) is 20.7. The predicted molar refractivity (Wildman–Crippen MR) is 115 cm³/mol. The maximum atomic E-state index is 12.6. The van der Waals surface area contributed by atoms with Crippen LogP contribution < -0.4 is 21.5 Å². The summed E-state index contributed by atoms with van der Waals surface area (Å²) in [5, 5.41) is 2.87. The molecule has 1 amide bonds. The van der Waals surface area contributed by atoms with Gasteiger partial charge in [0.25, 0.3) is 5.91 Å². The van der Waals surface area contributed by atoms with Gasteiger partial charge >= 0.3 is 0 Å². The zero-order valence-corrected chi connectivity index (χ0v) is 16.9. The number of methoxy groups -OCH3 is 1. The third-order valence-corrected chi connectivity index (χ3v) is 4.09. The third kappa shape index (κ3) is 6.32. The number of hydrogen-bond acceptors (Lipinski definition) is 7. The summed E-state index contributed by atoms with van der Waals surface area (Å²) in [5.41, 5.74) is 14.1. The zero-order valence-electron chi connectivity index (χ0n) is 16.9. The van der Waals surface area contributed by atoms with E-state index < -0.39 is 0 Å². The maximum Gasteiger partial charge on any atom is 0.255 e. The maximum absolute atomic E-state index is 12.6. The van der Waals surface area contributed by atoms with Gasteiger partial charge in [-0.1, -0.05) is 12.1 Å². The van der Waals surface area contributed by atoms with E-state index in [4.69, 9.17) is 20.9 Å². The highest BCUT2D eigenvalue weighted by atomic mass is 16.5. The molecule has 8 nitrogen and oxygen atoms in total. The van der Waals surface area contributed by atoms with Crippen LogP contribution in [-0.2, 0) is 11.3 Å². The Kier molecular flexibility index (Phi) is 8.17. The number of ether oxygens (including phenoxy) is 2. The number of hydrogen-bond donors (Lipinski definition) is 3. The number of benzene rings is 1. The van der Waals surface area contributed by atoms with Gasteiger partial charge in [0.05, 0.1) is 25.9 Å². The number of carbonyl (C=O) groups is 1. The Morgan fingerprint density at radius 3 is 2.86 bits per heavy atom. The number of carbonyl (C=O) groups excluding carboxylic acids is 1. The minimum absolute atomic E-state index is 0.139. The Labute approximate surface area is 170 Å². The lowest BCUT2D eigenvalue weighted by molar-refractivity contribution is 0.0820. The quantitative estimate of drug-likeness (QED) is 0.556. The summed E-state index contributed by atoms with van der Waals surface area (Å²) in [6.45, 7) is 2.61. The van der Waals surface area contributed by atoms with Crippen LogP contribution in [0.1, 0.15) is 28.4 Å². The summed E-state index contributed by atoms with van der Waals surface area (Å²) in [5.74, 6) is 0.578. The number of aromatic nitrogens is 1. The summed E-state index contributed by atoms with van der Waals surface area (Å²) in [6, 6.07) is 9.05. The second-order valence-electron chi connectivity index (χ2n) is 6.41. The van der Waals surface area contributed by atoms with Crippen LogP contribution in [0.4, 0.5) is 5.82 Å². The molecule has 0 saturated carbocycles. The highest BCUT2D eigenvalue weighted by Crippen LogP contribution is 2.17. The molecule has 0 radical (unpaired) electrons. The van der Waals surface area contributed by atoms with Gasteiger partial charge in [0.2, 0.25) is 0 Å². The third-order valence-electron chi connectivity index (χ3n) is 4.09. The standard InChI is InChI=1S/C21H27N5O3/c1-14(12-29-13-15-5-4-6-18(7-15)28-3)26-21(27)19-8-16(11-25-20(19)23)17(9-22)10-24-2/h4-11,14H,12-13,22H2,1-3H3,(H2,23,25)(H,26,27). The molecular formula is C21H27N5O3. The van der Waals surface area contributed by atoms with E-state index >= 15 is 0 Å². The Morgan fingerprint density at radius 1 is 1.38 bits per heavy atom. The predicted octanol–water partition coefficient (Wildman–Crippen LogP) is 2.01. The molecule has 0 aliphatic carbocycles. The lowest BCUT2D eigenvalue weighted by Gasteiger charge is -2.15. The second kappa shape index (κ2) is 10.8. The van der Waals surface area contributed by atoms with Gasteiger partial charge in [-0.25, -0.2) is 4.98 Å². The van der Waals surface area contributed by atoms with Gasteiger partial charge in [0.15, 0.2) is 0 Å². The van der Waals surface area contributed by atoms with E-state index in [9.17, 15) is 4.79 Å². The lowest BCUT2D eigenvalue weighted by Crippen LogP contribution is -2.36. The van der Waals surface area contributed by atoms with Crippen LogP contribution in [0.2, 0.25) is 0 Å². The Morgan fingerprint density at radius 2 is 2.17 bits per heavy atom. The molecule has 2 rings (SSSR count). The van der Waals surface area contributed by atoms with Crippen molar-refractivity contribution in [2.75, 3.05) is 26.5 Å². The average molecular weight is 397 g/mol. The second-order valence-corrected chi connectivity index (χ2v) is 6.41. The molecule has 5 N–H and O–H groups in total. The molecule has 1 atom stereocenters. The van der Waals surface area contributed by atoms with Crippen LogP contribution in [0.25, 0.3) is 5.57 Å². The van der Waals surface area contributed by atoms with Crippen LogP contribution in [0, 0.1) is 0 Å². The van der Waals surface area contributed by atoms with Crippen LogP contribution >= 0.6 is 0 Å². The topological polar surface area (TPSA) is 125 Å². The Hall–Kier alpha value is -3.39. The molecule has 0 spiro atoms. The molecule has 1 aromatic carbocycles. The summed E-state index contributed by atoms with van der Waals surface area (Å²) < 4.78 is 10.9. The van der Waals surface area contributed by atoms with Gasteiger partial charge in [0.1, 0.15) is 11.6 Å². The molecule has 0 bridgehead atoms. The summed E-state index contributed by atoms with van der Waals surface area (Å²) in [6.07, 6.45) is 4.54. The average Bonchev–Trinajstić information content (AvgIpc) is 2.72. The Balaban J connectivity index is 1.96. The summed E-state index contributed by atoms with van der Waals surface area (Å²) >= 11 is 0. The van der Waals surface area contributed by atoms with Gasteiger partial charge in [-0.05, 0) is 30.7 Å². The van der Waals surface area contributed by atoms with Crippen molar-refractivity contribution in [3.63, 3.8) is 0 Å². The molecule has 1 unspecified atom stereocenters. The molecular weight excluding hydrogens is 370 g/mol. The number of nitrogens with two attached hydrogens (primary N) is 2. The minimum atomic E-state index is -0.334. The van der Waals surface area contributed by atoms with Gasteiger partial charge in [-0.2, -0.15) is 0 Å². The van der Waals surface area contributed by atoms with Crippen molar-refractivity contribution in [1.82, 2.24) is 10.3 Å². The SMILES string of the molecule is CN=CC(=CN)c1cnc(N)c(C(=O)NC(C)COCc2cccc(OC)c2)c1. The Bertz CT molecular complexity index is 896. The zero-order chi connectivity index (χ0) is 21.2. The molecule has 1 heterocycles. The number of amides is 1. The smallest absolute Gasteiger partial charge is 0.255 e. The number of allylic oxidation sites excluding steroid dienone is 1. The molecule has 0 aliphatic heterocycles. The number of nitrogens with one attached hydrogen (secondary N) is 1. The van der Waals surface area contributed by atoms with Crippen molar-refractivity contribution < 1.29 is 14.3 Å². The number of anilines is 1. The van der Waals surface area contributed by atoms with Crippen molar-refractivity contribution in [3.05, 3.63) is 59.4 Å². The summed E-state index contributed by atoms with van der Waals surface area (Å²) in [7, 11) is 3.25. The van der Waals surface area contributed by atoms with Crippen molar-refractivity contribution >= 4 is 23.5 Å². The van der Waals surface area contributed by atoms with Crippen LogP contribution in [0.3, 0.4) is 0 Å². The number of aliphatic imine (C=N–C) groups is 1. The molecule has 154 valence electrons. The largest absolute Gasteiger partial charge is 0.497 e. The van der Waals surface area contributed by atoms with Crippen LogP contribution in [0.15, 0.2) is 47.7 Å². The molecule has 8 heteroatoms. The van der Waals surface area contributed by atoms with E-state index in [1.807, 2.05) is 31.2 Å². The molecule has 0 saturated heterocycles. The molecule has 0 fully saturated rings. The van der Waals surface area contributed by atoms with E-state index in [1.54, 1.807) is 32.6 Å². The van der Waals surface area contributed by atoms with Crippen LogP contribution in [0.5, 0.6) is 5.75 Å². The fraction of sp³-hybridized carbons (Fsp3) is 0.286. The highest BCUT2D eigenvalue weighted by molar-refractivity contribution is 6.10. The van der Waals surface area contributed by atoms with Gasteiger partial charge in [0, 0.05) is 42.8 Å². The van der Waals surface area contributed by atoms with Crippen molar-refractivity contribution in [2.45, 2.75) is 19.6 Å². The first-order valence-corrected chi connectivity index (χ1v) is 9.10. The van der Waals surface area contributed by atoms with Crippen molar-refractivity contribution in [3.8, 4) is 5.75 Å². The van der Waals surface area contributed by atoms with Crippen molar-refractivity contribution in [2.24, 2.45) is 10.7 Å². The lowest BCUT2D eigenvalue weighted by atomic mass is 10.1. The van der Waals surface area contributed by atoms with E-state index in [2.05, 4.69) is 15.3 Å². The van der Waals surface area contributed by atoms with Crippen LogP contribution in [-0.4, -0.2) is 43.9 Å². The first-order chi connectivity index (χ1) is 14.0. The minimum Gasteiger partial charge on any atom is -0.497 e. The van der Waals surface area contributed by atoms with E-state index in [0.717, 1.165) is 11.3 Å². The van der Waals surface area contributed by atoms with Gasteiger partial charge in [-0.3, -0.25) is 9.79 Å². The number of nitrogens with zero attached hydrogens (tertiary/aromatic N) is 2. The fourth-order valence-electron chi connectivity index (χ4n) is 2.63. The number of pyridine rings is 1. The molecule has 2 aromatic rings. The van der Waals surface area contributed by atoms with Gasteiger partial charge < -0.3 is 26.3 Å². The normalized spacial score (nSPS) is 12.7. The van der Waals surface area contributed by atoms with Gasteiger partial charge in [-0.15, -0.1) is 0 Å². The van der Waals surface area contributed by atoms with Crippen molar-refractivity contribution in [1.29, 1.82) is 0 Å². The first kappa shape index (κ1) is 21.9. The number of rotatable bonds is 9. The molecule has 1 aromatic heterocycles. The van der Waals surface area contributed by atoms with E-state index in [-0.39, 0.29) is 23.3 Å². The number of nitrogen functional groups attached to an aromatic ring is 1. The fourth-order valence-corrected chi connectivity index (χ4v) is 2.63. The van der Waals surface area contributed by atoms with E-state index in [1.165, 1.54) is 6.20 Å². The monoisotopic (exact) mass is 397 g/mol. The first-order valence-electron chi connectivity index (χ1n) is 9.10. The molecule has 29 heavy (non-hydrogen) atoms.